The second-order valence-electron chi connectivity index (χ2n) is 5.35. The quantitative estimate of drug-likeness (QED) is 0.662. The summed E-state index contributed by atoms with van der Waals surface area (Å²) in [6.07, 6.45) is 0.866. The number of piperazine rings is 1. The van der Waals surface area contributed by atoms with Crippen molar-refractivity contribution in [1.29, 1.82) is 0 Å². The van der Waals surface area contributed by atoms with E-state index in [1.54, 1.807) is 0 Å². The second-order valence-corrected chi connectivity index (χ2v) is 9.10. The molecule has 1 aliphatic rings. The van der Waals surface area contributed by atoms with Gasteiger partial charge in [-0.25, -0.2) is 25.9 Å². The van der Waals surface area contributed by atoms with Crippen molar-refractivity contribution in [2.75, 3.05) is 45.5 Å². The maximum absolute atomic E-state index is 13.8. The summed E-state index contributed by atoms with van der Waals surface area (Å²) in [6, 6.07) is 2.78. The van der Waals surface area contributed by atoms with Gasteiger partial charge in [0.2, 0.25) is 10.0 Å². The third-order valence-electron chi connectivity index (χ3n) is 3.54. The van der Waals surface area contributed by atoms with Crippen LogP contribution in [0.25, 0.3) is 0 Å². The number of rotatable bonds is 6. The third kappa shape index (κ3) is 6.97. The molecule has 1 aliphatic heterocycles. The maximum atomic E-state index is 13.8. The lowest BCUT2D eigenvalue weighted by molar-refractivity contribution is 0.245. The van der Waals surface area contributed by atoms with Gasteiger partial charge in [0.25, 0.3) is 0 Å². The summed E-state index contributed by atoms with van der Waals surface area (Å²) in [5.41, 5.74) is 0. The summed E-state index contributed by atoms with van der Waals surface area (Å²) < 4.78 is 63.2. The molecule has 7 nitrogen and oxygen atoms in total. The Kier molecular flexibility index (Phi) is 9.81. The van der Waals surface area contributed by atoms with Crippen LogP contribution in [0.15, 0.2) is 28.0 Å². The largest absolute Gasteiger partial charge is 0.314 e. The van der Waals surface area contributed by atoms with E-state index in [-0.39, 0.29) is 36.3 Å². The number of benzene rings is 1. The lowest BCUT2D eigenvalue weighted by Crippen LogP contribution is -2.46. The highest BCUT2D eigenvalue weighted by Gasteiger charge is 2.20. The summed E-state index contributed by atoms with van der Waals surface area (Å²) in [6.45, 7) is 4.19. The number of sulfone groups is 1. The molecule has 1 heterocycles. The van der Waals surface area contributed by atoms with Gasteiger partial charge in [-0.05, 0) is 18.2 Å². The number of sulfonamides is 1. The molecule has 146 valence electrons. The molecule has 1 fully saturated rings. The topological polar surface area (TPSA) is 95.6 Å². The van der Waals surface area contributed by atoms with E-state index < -0.39 is 30.6 Å². The van der Waals surface area contributed by atoms with E-state index in [9.17, 15) is 21.2 Å². The lowest BCUT2D eigenvalue weighted by Gasteiger charge is -2.27. The molecular weight excluding hydrogens is 416 g/mol. The van der Waals surface area contributed by atoms with Crippen molar-refractivity contribution in [3.8, 4) is 0 Å². The van der Waals surface area contributed by atoms with Gasteiger partial charge in [-0.3, -0.25) is 4.90 Å². The molecule has 0 atom stereocenters. The van der Waals surface area contributed by atoms with Crippen molar-refractivity contribution in [3.05, 3.63) is 24.0 Å². The van der Waals surface area contributed by atoms with Crippen LogP contribution in [0.2, 0.25) is 0 Å². The van der Waals surface area contributed by atoms with Crippen LogP contribution < -0.4 is 10.0 Å². The van der Waals surface area contributed by atoms with E-state index in [0.29, 0.717) is 6.54 Å². The number of hydrogen-bond acceptors (Lipinski definition) is 6. The zero-order chi connectivity index (χ0) is 17.1. The molecule has 0 saturated carbocycles. The van der Waals surface area contributed by atoms with Crippen LogP contribution in [0.4, 0.5) is 4.39 Å². The first kappa shape index (κ1) is 24.5. The van der Waals surface area contributed by atoms with Crippen molar-refractivity contribution in [2.45, 2.75) is 9.79 Å². The van der Waals surface area contributed by atoms with Gasteiger partial charge in [0.1, 0.15) is 10.7 Å². The number of nitrogens with one attached hydrogen (secondary N) is 2. The molecule has 1 aromatic rings. The second kappa shape index (κ2) is 10.0. The van der Waals surface area contributed by atoms with E-state index in [4.69, 9.17) is 0 Å². The fraction of sp³-hybridized carbons (Fsp3) is 0.538. The van der Waals surface area contributed by atoms with Gasteiger partial charge < -0.3 is 5.32 Å². The first-order valence-corrected chi connectivity index (χ1v) is 10.5. The maximum Gasteiger partial charge on any atom is 0.240 e. The summed E-state index contributed by atoms with van der Waals surface area (Å²) in [5, 5.41) is 3.20. The summed E-state index contributed by atoms with van der Waals surface area (Å²) in [7, 11) is -7.60. The van der Waals surface area contributed by atoms with E-state index in [1.807, 2.05) is 0 Å². The van der Waals surface area contributed by atoms with Crippen LogP contribution >= 0.6 is 24.8 Å². The van der Waals surface area contributed by atoms with E-state index in [2.05, 4.69) is 14.9 Å². The van der Waals surface area contributed by atoms with Crippen molar-refractivity contribution in [3.63, 3.8) is 0 Å². The van der Waals surface area contributed by atoms with Gasteiger partial charge in [-0.2, -0.15) is 0 Å². The standard InChI is InChI=1S/C13H20FN3O4S2.2ClH/c1-22(18,19)13-3-2-11(10-12(13)14)23(20,21)16-6-9-17-7-4-15-5-8-17;;/h2-3,10,15-16H,4-9H2,1H3;2*1H. The molecule has 2 rings (SSSR count). The molecule has 0 bridgehead atoms. The van der Waals surface area contributed by atoms with E-state index in [0.717, 1.165) is 50.6 Å². The minimum atomic E-state index is -3.87. The van der Waals surface area contributed by atoms with Gasteiger partial charge in [-0.15, -0.1) is 24.8 Å². The fourth-order valence-electron chi connectivity index (χ4n) is 2.31. The Morgan fingerprint density at radius 3 is 2.28 bits per heavy atom. The van der Waals surface area contributed by atoms with Gasteiger partial charge >= 0.3 is 0 Å². The molecule has 25 heavy (non-hydrogen) atoms. The van der Waals surface area contributed by atoms with Crippen molar-refractivity contribution in [1.82, 2.24) is 14.9 Å². The van der Waals surface area contributed by atoms with E-state index >= 15 is 0 Å². The minimum Gasteiger partial charge on any atom is -0.314 e. The summed E-state index contributed by atoms with van der Waals surface area (Å²) in [5.74, 6) is -1.07. The SMILES string of the molecule is CS(=O)(=O)c1ccc(S(=O)(=O)NCCN2CCNCC2)cc1F.Cl.Cl. The van der Waals surface area contributed by atoms with Crippen LogP contribution in [-0.2, 0) is 19.9 Å². The molecule has 0 unspecified atom stereocenters. The highest BCUT2D eigenvalue weighted by molar-refractivity contribution is 7.90. The lowest BCUT2D eigenvalue weighted by atomic mass is 10.3. The first-order chi connectivity index (χ1) is 10.7. The van der Waals surface area contributed by atoms with Crippen molar-refractivity contribution >= 4 is 44.7 Å². The van der Waals surface area contributed by atoms with Gasteiger partial charge in [0.05, 0.1) is 4.90 Å². The predicted octanol–water partition coefficient (Wildman–Crippen LogP) is 0.256. The Hall–Kier alpha value is -0.490. The Bertz CT molecular complexity index is 769. The molecule has 1 saturated heterocycles. The number of halogens is 3. The summed E-state index contributed by atoms with van der Waals surface area (Å²) >= 11 is 0. The predicted molar refractivity (Wildman–Crippen MR) is 98.5 cm³/mol. The Balaban J connectivity index is 0.00000288. The molecule has 1 aromatic carbocycles. The van der Waals surface area contributed by atoms with Crippen LogP contribution in [0.5, 0.6) is 0 Å². The van der Waals surface area contributed by atoms with Crippen LogP contribution in [0.1, 0.15) is 0 Å². The Morgan fingerprint density at radius 1 is 1.16 bits per heavy atom. The van der Waals surface area contributed by atoms with Gasteiger partial charge in [0.15, 0.2) is 9.84 Å². The molecule has 2 N–H and O–H groups in total. The number of nitrogens with zero attached hydrogens (tertiary/aromatic N) is 1. The Labute approximate surface area is 160 Å². The zero-order valence-corrected chi connectivity index (χ0v) is 16.8. The normalized spacial score (nSPS) is 15.9. The molecule has 12 heteroatoms. The van der Waals surface area contributed by atoms with Crippen molar-refractivity contribution in [2.24, 2.45) is 0 Å². The minimum absolute atomic E-state index is 0. The molecule has 0 aliphatic carbocycles. The number of hydrogen-bond donors (Lipinski definition) is 2. The fourth-order valence-corrected chi connectivity index (χ4v) is 4.07. The molecule has 0 radical (unpaired) electrons. The van der Waals surface area contributed by atoms with Crippen LogP contribution in [0.3, 0.4) is 0 Å². The monoisotopic (exact) mass is 437 g/mol. The van der Waals surface area contributed by atoms with Crippen molar-refractivity contribution < 1.29 is 21.2 Å². The highest BCUT2D eigenvalue weighted by atomic mass is 35.5. The smallest absolute Gasteiger partial charge is 0.240 e. The third-order valence-corrected chi connectivity index (χ3v) is 6.13. The average molecular weight is 438 g/mol. The average Bonchev–Trinajstić information content (AvgIpc) is 2.46. The molecule has 0 amide bonds. The first-order valence-electron chi connectivity index (χ1n) is 7.12. The molecular formula is C13H22Cl2FN3O4S2. The highest BCUT2D eigenvalue weighted by Crippen LogP contribution is 2.18. The molecule has 0 spiro atoms. The van der Waals surface area contributed by atoms with Gasteiger partial charge in [0, 0.05) is 45.5 Å². The van der Waals surface area contributed by atoms with E-state index in [1.165, 1.54) is 0 Å². The Morgan fingerprint density at radius 2 is 1.76 bits per heavy atom. The van der Waals surface area contributed by atoms with Gasteiger partial charge in [-0.1, -0.05) is 0 Å². The summed E-state index contributed by atoms with van der Waals surface area (Å²) in [4.78, 5) is 1.31. The van der Waals surface area contributed by atoms with Crippen LogP contribution in [0, 0.1) is 5.82 Å². The van der Waals surface area contributed by atoms with Crippen LogP contribution in [-0.4, -0.2) is 67.3 Å². The molecule has 0 aromatic heterocycles. The zero-order valence-electron chi connectivity index (χ0n) is 13.6.